The van der Waals surface area contributed by atoms with Crippen molar-refractivity contribution in [3.63, 3.8) is 0 Å². The highest BCUT2D eigenvalue weighted by Crippen LogP contribution is 2.46. The maximum atomic E-state index is 6.14. The molecule has 0 amide bonds. The first-order valence-electron chi connectivity index (χ1n) is 7.80. The molecule has 130 valence electrons. The Kier molecular flexibility index (Phi) is 5.01. The molecule has 0 radical (unpaired) electrons. The molecule has 0 unspecified atom stereocenters. The van der Waals surface area contributed by atoms with E-state index in [9.17, 15) is 0 Å². The van der Waals surface area contributed by atoms with Crippen LogP contribution in [0.4, 0.5) is 11.4 Å². The summed E-state index contributed by atoms with van der Waals surface area (Å²) in [6.07, 6.45) is 3.70. The van der Waals surface area contributed by atoms with Crippen LogP contribution in [0.5, 0.6) is 0 Å². The lowest BCUT2D eigenvalue weighted by molar-refractivity contribution is 0.641. The maximum absolute atomic E-state index is 6.14. The van der Waals surface area contributed by atoms with Gasteiger partial charge in [0, 0.05) is 35.1 Å². The molecule has 1 aliphatic rings. The molecule has 3 nitrogen and oxygen atoms in total. The van der Waals surface area contributed by atoms with Gasteiger partial charge in [0.1, 0.15) is 0 Å². The third-order valence-corrected chi connectivity index (χ3v) is 5.25. The smallest absolute Gasteiger partial charge is 0.0935 e. The average molecular weight is 395 g/mol. The lowest BCUT2D eigenvalue weighted by atomic mass is 9.84. The first-order chi connectivity index (χ1) is 11.8. The van der Waals surface area contributed by atoms with Gasteiger partial charge in [-0.05, 0) is 29.8 Å². The third kappa shape index (κ3) is 3.37. The lowest BCUT2D eigenvalue weighted by Gasteiger charge is -2.23. The van der Waals surface area contributed by atoms with Crippen molar-refractivity contribution >= 4 is 52.4 Å². The topological polar surface area (TPSA) is 27.6 Å². The summed E-state index contributed by atoms with van der Waals surface area (Å²) in [4.78, 5) is 2.18. The molecule has 1 N–H and O–H groups in total. The fourth-order valence-electron chi connectivity index (χ4n) is 3.16. The van der Waals surface area contributed by atoms with Gasteiger partial charge in [0.2, 0.25) is 0 Å². The summed E-state index contributed by atoms with van der Waals surface area (Å²) in [5, 5.41) is 5.56. The number of nitrogens with one attached hydrogen (secondary N) is 1. The minimum atomic E-state index is -0.0904. The van der Waals surface area contributed by atoms with Crippen molar-refractivity contribution in [3.05, 3.63) is 68.8 Å². The molecule has 0 aliphatic carbocycles. The lowest BCUT2D eigenvalue weighted by Crippen LogP contribution is -2.23. The van der Waals surface area contributed by atoms with Crippen LogP contribution in [-0.4, -0.2) is 13.3 Å². The normalized spacial score (nSPS) is 17.4. The average Bonchev–Trinajstić information content (AvgIpc) is 2.74. The SMILES string of the molecule is CN1/C(=C/C=N\Nc2c(Cl)cc(Cl)cc2Cl)C(C)(C)c2ccccc21. The van der Waals surface area contributed by atoms with Crippen LogP contribution in [0.15, 0.2) is 53.3 Å². The predicted molar refractivity (Wildman–Crippen MR) is 110 cm³/mol. The summed E-state index contributed by atoms with van der Waals surface area (Å²) in [6, 6.07) is 11.6. The van der Waals surface area contributed by atoms with Gasteiger partial charge in [-0.1, -0.05) is 66.8 Å². The molecule has 2 aromatic carbocycles. The van der Waals surface area contributed by atoms with Crippen LogP contribution >= 0.6 is 34.8 Å². The second-order valence-electron chi connectivity index (χ2n) is 6.39. The van der Waals surface area contributed by atoms with Gasteiger partial charge in [0.25, 0.3) is 0 Å². The van der Waals surface area contributed by atoms with Crippen LogP contribution < -0.4 is 10.3 Å². The number of halogens is 3. The number of rotatable bonds is 3. The zero-order valence-electron chi connectivity index (χ0n) is 14.1. The second kappa shape index (κ2) is 6.91. The van der Waals surface area contributed by atoms with Gasteiger partial charge in [0.05, 0.1) is 15.7 Å². The molecule has 0 spiro atoms. The molecule has 0 saturated carbocycles. The Labute approximate surface area is 162 Å². The number of fused-ring (bicyclic) bond motifs is 1. The number of allylic oxidation sites excluding steroid dienone is 2. The molecule has 0 saturated heterocycles. The van der Waals surface area contributed by atoms with Crippen LogP contribution in [0.25, 0.3) is 0 Å². The van der Waals surface area contributed by atoms with E-state index in [1.807, 2.05) is 6.08 Å². The van der Waals surface area contributed by atoms with Crippen molar-refractivity contribution in [2.45, 2.75) is 19.3 Å². The molecule has 1 heterocycles. The molecule has 2 aromatic rings. The number of anilines is 2. The summed E-state index contributed by atoms with van der Waals surface area (Å²) in [5.41, 5.74) is 6.99. The van der Waals surface area contributed by atoms with Gasteiger partial charge >= 0.3 is 0 Å². The summed E-state index contributed by atoms with van der Waals surface area (Å²) in [7, 11) is 2.06. The van der Waals surface area contributed by atoms with E-state index >= 15 is 0 Å². The van der Waals surface area contributed by atoms with Crippen molar-refractivity contribution in [2.75, 3.05) is 17.4 Å². The first-order valence-corrected chi connectivity index (χ1v) is 8.93. The Morgan fingerprint density at radius 2 is 1.72 bits per heavy atom. The van der Waals surface area contributed by atoms with E-state index in [-0.39, 0.29) is 5.41 Å². The van der Waals surface area contributed by atoms with E-state index in [2.05, 4.69) is 60.6 Å². The highest BCUT2D eigenvalue weighted by atomic mass is 35.5. The molecule has 3 rings (SSSR count). The van der Waals surface area contributed by atoms with Crippen molar-refractivity contribution in [3.8, 4) is 0 Å². The molecule has 0 bridgehead atoms. The van der Waals surface area contributed by atoms with Crippen LogP contribution in [0.3, 0.4) is 0 Å². The molecule has 0 atom stereocenters. The minimum Gasteiger partial charge on any atom is -0.347 e. The highest BCUT2D eigenvalue weighted by Gasteiger charge is 2.37. The molecule has 1 aliphatic heterocycles. The Morgan fingerprint density at radius 3 is 2.36 bits per heavy atom. The number of benzene rings is 2. The monoisotopic (exact) mass is 393 g/mol. The Hall–Kier alpha value is -1.68. The van der Waals surface area contributed by atoms with Crippen LogP contribution in [0.1, 0.15) is 19.4 Å². The fraction of sp³-hybridized carbons (Fsp3) is 0.211. The summed E-state index contributed by atoms with van der Waals surface area (Å²) >= 11 is 18.2. The third-order valence-electron chi connectivity index (χ3n) is 4.43. The van der Waals surface area contributed by atoms with E-state index in [0.717, 1.165) is 5.70 Å². The van der Waals surface area contributed by atoms with Crippen LogP contribution in [0, 0.1) is 0 Å². The largest absolute Gasteiger partial charge is 0.347 e. The van der Waals surface area contributed by atoms with Crippen molar-refractivity contribution in [1.82, 2.24) is 0 Å². The van der Waals surface area contributed by atoms with Gasteiger partial charge in [-0.3, -0.25) is 5.43 Å². The molecule has 0 aromatic heterocycles. The zero-order chi connectivity index (χ0) is 18.2. The number of hydrazone groups is 1. The molecule has 25 heavy (non-hydrogen) atoms. The maximum Gasteiger partial charge on any atom is 0.0935 e. The van der Waals surface area contributed by atoms with Crippen molar-refractivity contribution < 1.29 is 0 Å². The van der Waals surface area contributed by atoms with E-state index in [0.29, 0.717) is 20.8 Å². The Morgan fingerprint density at radius 1 is 1.08 bits per heavy atom. The first kappa shape index (κ1) is 18.1. The summed E-state index contributed by atoms with van der Waals surface area (Å²) in [6.45, 7) is 4.41. The summed E-state index contributed by atoms with van der Waals surface area (Å²) in [5.74, 6) is 0. The van der Waals surface area contributed by atoms with Gasteiger partial charge in [0.15, 0.2) is 0 Å². The Balaban J connectivity index is 1.82. The number of nitrogens with zero attached hydrogens (tertiary/aromatic N) is 2. The summed E-state index contributed by atoms with van der Waals surface area (Å²) < 4.78 is 0. The van der Waals surface area contributed by atoms with Gasteiger partial charge < -0.3 is 4.90 Å². The van der Waals surface area contributed by atoms with Gasteiger partial charge in [-0.15, -0.1) is 0 Å². The van der Waals surface area contributed by atoms with E-state index in [1.54, 1.807) is 18.3 Å². The number of likely N-dealkylation sites (N-methyl/N-ethyl adjacent to an activating group) is 1. The number of hydrogen-bond acceptors (Lipinski definition) is 3. The predicted octanol–water partition coefficient (Wildman–Crippen LogP) is 6.36. The fourth-order valence-corrected chi connectivity index (χ4v) is 4.06. The zero-order valence-corrected chi connectivity index (χ0v) is 16.4. The minimum absolute atomic E-state index is 0.0904. The van der Waals surface area contributed by atoms with E-state index in [4.69, 9.17) is 34.8 Å². The standard InChI is InChI=1S/C19H18Cl3N3/c1-19(2)13-6-4-5-7-16(13)25(3)17(19)8-9-23-24-18-14(21)10-12(20)11-15(18)22/h4-11,24H,1-3H3/b17-8+,23-9-. The number of hydrogen-bond donors (Lipinski definition) is 1. The highest BCUT2D eigenvalue weighted by molar-refractivity contribution is 6.41. The Bertz CT molecular complexity index is 849. The molecular formula is C19H18Cl3N3. The van der Waals surface area contributed by atoms with E-state index in [1.165, 1.54) is 11.3 Å². The van der Waals surface area contributed by atoms with Crippen molar-refractivity contribution in [2.24, 2.45) is 5.10 Å². The van der Waals surface area contributed by atoms with Crippen LogP contribution in [-0.2, 0) is 5.41 Å². The van der Waals surface area contributed by atoms with E-state index < -0.39 is 0 Å². The molecule has 0 fully saturated rings. The molecule has 6 heteroatoms. The van der Waals surface area contributed by atoms with Crippen LogP contribution in [0.2, 0.25) is 15.1 Å². The van der Waals surface area contributed by atoms with Gasteiger partial charge in [-0.2, -0.15) is 5.10 Å². The quantitative estimate of drug-likeness (QED) is 0.485. The molecular weight excluding hydrogens is 377 g/mol. The van der Waals surface area contributed by atoms with Gasteiger partial charge in [-0.25, -0.2) is 0 Å². The second-order valence-corrected chi connectivity index (χ2v) is 7.64. The van der Waals surface area contributed by atoms with Crippen molar-refractivity contribution in [1.29, 1.82) is 0 Å². The number of para-hydroxylation sites is 1.